The van der Waals surface area contributed by atoms with Crippen molar-refractivity contribution < 1.29 is 13.3 Å². The Bertz CT molecular complexity index is 645. The van der Waals surface area contributed by atoms with Gasteiger partial charge in [-0.3, -0.25) is 10.1 Å². The summed E-state index contributed by atoms with van der Waals surface area (Å²) in [5, 5.41) is 13.5. The lowest BCUT2D eigenvalue weighted by Gasteiger charge is -2.13. The van der Waals surface area contributed by atoms with Crippen LogP contribution in [0.4, 0.5) is 11.4 Å². The summed E-state index contributed by atoms with van der Waals surface area (Å²) < 4.78 is 27.3. The zero-order valence-corrected chi connectivity index (χ0v) is 12.8. The van der Waals surface area contributed by atoms with Gasteiger partial charge in [0.15, 0.2) is 0 Å². The van der Waals surface area contributed by atoms with Gasteiger partial charge in [-0.2, -0.15) is 0 Å². The summed E-state index contributed by atoms with van der Waals surface area (Å²) in [5.41, 5.74) is 0.0357. The lowest BCUT2D eigenvalue weighted by Crippen LogP contribution is -2.33. The maximum atomic E-state index is 12.3. The second kappa shape index (κ2) is 5.98. The molecule has 1 aliphatic rings. The van der Waals surface area contributed by atoms with E-state index in [-0.39, 0.29) is 22.3 Å². The van der Waals surface area contributed by atoms with Gasteiger partial charge in [0, 0.05) is 19.2 Å². The summed E-state index contributed by atoms with van der Waals surface area (Å²) in [6.07, 6.45) is 2.66. The van der Waals surface area contributed by atoms with Crippen molar-refractivity contribution in [3.05, 3.63) is 28.3 Å². The van der Waals surface area contributed by atoms with E-state index < -0.39 is 14.9 Å². The summed E-state index contributed by atoms with van der Waals surface area (Å²) >= 11 is 0. The molecule has 1 aliphatic carbocycles. The molecule has 0 aliphatic heterocycles. The molecule has 0 heterocycles. The molecule has 0 aromatic heterocycles. The van der Waals surface area contributed by atoms with Gasteiger partial charge in [0.25, 0.3) is 5.69 Å². The van der Waals surface area contributed by atoms with E-state index in [0.717, 1.165) is 19.3 Å². The summed E-state index contributed by atoms with van der Waals surface area (Å²) in [7, 11) is -2.14. The van der Waals surface area contributed by atoms with Gasteiger partial charge < -0.3 is 5.32 Å². The fourth-order valence-corrected chi connectivity index (χ4v) is 3.95. The van der Waals surface area contributed by atoms with Crippen LogP contribution in [-0.2, 0) is 10.0 Å². The predicted molar refractivity (Wildman–Crippen MR) is 79.8 cm³/mol. The number of nitro groups is 1. The van der Waals surface area contributed by atoms with Crippen LogP contribution >= 0.6 is 0 Å². The van der Waals surface area contributed by atoms with Gasteiger partial charge in [-0.15, -0.1) is 0 Å². The van der Waals surface area contributed by atoms with Gasteiger partial charge in [-0.05, 0) is 37.3 Å². The first-order valence-corrected chi connectivity index (χ1v) is 8.30. The van der Waals surface area contributed by atoms with E-state index >= 15 is 0 Å². The minimum Gasteiger partial charge on any atom is -0.383 e. The number of anilines is 1. The third-order valence-corrected chi connectivity index (χ3v) is 5.28. The van der Waals surface area contributed by atoms with Crippen LogP contribution < -0.4 is 10.0 Å². The molecular formula is C13H19N3O4S. The monoisotopic (exact) mass is 313 g/mol. The van der Waals surface area contributed by atoms with Crippen LogP contribution in [-0.4, -0.2) is 26.4 Å². The lowest BCUT2D eigenvalue weighted by atomic mass is 10.1. The summed E-state index contributed by atoms with van der Waals surface area (Å²) in [6, 6.07) is 3.70. The molecule has 1 saturated carbocycles. The number of benzene rings is 1. The molecule has 1 aromatic carbocycles. The van der Waals surface area contributed by atoms with Gasteiger partial charge >= 0.3 is 0 Å². The van der Waals surface area contributed by atoms with Crippen LogP contribution in [0.3, 0.4) is 0 Å². The van der Waals surface area contributed by atoms with E-state index in [0.29, 0.717) is 5.92 Å². The van der Waals surface area contributed by atoms with Crippen molar-refractivity contribution in [2.75, 3.05) is 12.4 Å². The zero-order chi connectivity index (χ0) is 15.6. The maximum Gasteiger partial charge on any atom is 0.292 e. The second-order valence-electron chi connectivity index (χ2n) is 5.42. The number of nitrogens with one attached hydrogen (secondary N) is 2. The Labute approximate surface area is 123 Å². The topological polar surface area (TPSA) is 101 Å². The third kappa shape index (κ3) is 3.51. The van der Waals surface area contributed by atoms with Crippen LogP contribution in [0.5, 0.6) is 0 Å². The first-order valence-electron chi connectivity index (χ1n) is 6.82. The predicted octanol–water partition coefficient (Wildman–Crippen LogP) is 2.10. The van der Waals surface area contributed by atoms with Crippen LogP contribution in [0.1, 0.15) is 26.2 Å². The maximum absolute atomic E-state index is 12.3. The molecule has 2 atom stereocenters. The number of nitro benzene ring substituents is 1. The molecule has 1 aromatic rings. The normalized spacial score (nSPS) is 22.2. The molecule has 2 unspecified atom stereocenters. The van der Waals surface area contributed by atoms with Gasteiger partial charge in [-0.25, -0.2) is 13.1 Å². The Hall–Kier alpha value is -1.67. The highest BCUT2D eigenvalue weighted by Gasteiger charge is 2.27. The molecule has 0 amide bonds. The van der Waals surface area contributed by atoms with E-state index in [4.69, 9.17) is 0 Å². The molecular weight excluding hydrogens is 294 g/mol. The van der Waals surface area contributed by atoms with Crippen molar-refractivity contribution in [2.45, 2.75) is 37.1 Å². The Balaban J connectivity index is 2.26. The van der Waals surface area contributed by atoms with Gasteiger partial charge in [0.05, 0.1) is 9.82 Å². The standard InChI is InChI=1S/C13H19N3O4S/c1-9-3-4-10(7-9)15-21(19,20)11-5-6-13(16(17)18)12(8-11)14-2/h5-6,8-10,14-15H,3-4,7H2,1-2H3. The summed E-state index contributed by atoms with van der Waals surface area (Å²) in [6.45, 7) is 2.10. The smallest absolute Gasteiger partial charge is 0.292 e. The first-order chi connectivity index (χ1) is 9.83. The van der Waals surface area contributed by atoms with E-state index in [1.807, 2.05) is 0 Å². The lowest BCUT2D eigenvalue weighted by molar-refractivity contribution is -0.384. The summed E-state index contributed by atoms with van der Waals surface area (Å²) in [4.78, 5) is 10.3. The summed E-state index contributed by atoms with van der Waals surface area (Å²) in [5.74, 6) is 0.516. The number of nitrogens with zero attached hydrogens (tertiary/aromatic N) is 1. The number of rotatable bonds is 5. The highest BCUT2D eigenvalue weighted by Crippen LogP contribution is 2.29. The fourth-order valence-electron chi connectivity index (χ4n) is 2.64. The average Bonchev–Trinajstić information content (AvgIpc) is 2.82. The quantitative estimate of drug-likeness (QED) is 0.640. The molecule has 0 saturated heterocycles. The number of hydrogen-bond acceptors (Lipinski definition) is 5. The van der Waals surface area contributed by atoms with Crippen LogP contribution in [0.2, 0.25) is 0 Å². The highest BCUT2D eigenvalue weighted by atomic mass is 32.2. The minimum absolute atomic E-state index is 0.0389. The van der Waals surface area contributed by atoms with Gasteiger partial charge in [0.1, 0.15) is 5.69 Å². The van der Waals surface area contributed by atoms with E-state index in [1.165, 1.54) is 25.2 Å². The van der Waals surface area contributed by atoms with E-state index in [1.54, 1.807) is 0 Å². The molecule has 8 heteroatoms. The van der Waals surface area contributed by atoms with Crippen molar-refractivity contribution in [2.24, 2.45) is 5.92 Å². The highest BCUT2D eigenvalue weighted by molar-refractivity contribution is 7.89. The van der Waals surface area contributed by atoms with Crippen molar-refractivity contribution in [1.29, 1.82) is 0 Å². The van der Waals surface area contributed by atoms with Crippen molar-refractivity contribution in [3.8, 4) is 0 Å². The van der Waals surface area contributed by atoms with Gasteiger partial charge in [-0.1, -0.05) is 6.92 Å². The third-order valence-electron chi connectivity index (χ3n) is 3.76. The molecule has 2 N–H and O–H groups in total. The average molecular weight is 313 g/mol. The molecule has 7 nitrogen and oxygen atoms in total. The van der Waals surface area contributed by atoms with Gasteiger partial charge in [0.2, 0.25) is 10.0 Å². The van der Waals surface area contributed by atoms with Crippen LogP contribution in [0, 0.1) is 16.0 Å². The molecule has 21 heavy (non-hydrogen) atoms. The van der Waals surface area contributed by atoms with Crippen molar-refractivity contribution in [3.63, 3.8) is 0 Å². The molecule has 0 bridgehead atoms. The van der Waals surface area contributed by atoms with E-state index in [2.05, 4.69) is 17.0 Å². The van der Waals surface area contributed by atoms with Crippen LogP contribution in [0.25, 0.3) is 0 Å². The Morgan fingerprint density at radius 1 is 1.33 bits per heavy atom. The second-order valence-corrected chi connectivity index (χ2v) is 7.14. The molecule has 2 rings (SSSR count). The zero-order valence-electron chi connectivity index (χ0n) is 12.0. The van der Waals surface area contributed by atoms with Crippen LogP contribution in [0.15, 0.2) is 23.1 Å². The SMILES string of the molecule is CNc1cc(S(=O)(=O)NC2CCC(C)C2)ccc1[N+](=O)[O-]. The fraction of sp³-hybridized carbons (Fsp3) is 0.538. The number of sulfonamides is 1. The molecule has 0 radical (unpaired) electrons. The number of hydrogen-bond donors (Lipinski definition) is 2. The Kier molecular flexibility index (Phi) is 4.48. The first kappa shape index (κ1) is 15.7. The Morgan fingerprint density at radius 3 is 2.57 bits per heavy atom. The largest absolute Gasteiger partial charge is 0.383 e. The van der Waals surface area contributed by atoms with Crippen molar-refractivity contribution in [1.82, 2.24) is 4.72 Å². The minimum atomic E-state index is -3.65. The molecule has 0 spiro atoms. The molecule has 116 valence electrons. The molecule has 1 fully saturated rings. The Morgan fingerprint density at radius 2 is 2.05 bits per heavy atom. The van der Waals surface area contributed by atoms with E-state index in [9.17, 15) is 18.5 Å². The van der Waals surface area contributed by atoms with Crippen molar-refractivity contribution >= 4 is 21.4 Å².